The highest BCUT2D eigenvalue weighted by molar-refractivity contribution is 5.80. The summed E-state index contributed by atoms with van der Waals surface area (Å²) in [5.74, 6) is 2.12. The van der Waals surface area contributed by atoms with Gasteiger partial charge < -0.3 is 19.5 Å². The van der Waals surface area contributed by atoms with Gasteiger partial charge in [-0.1, -0.05) is 12.1 Å². The van der Waals surface area contributed by atoms with E-state index >= 15 is 0 Å². The van der Waals surface area contributed by atoms with Gasteiger partial charge in [-0.2, -0.15) is 0 Å². The minimum Gasteiger partial charge on any atom is -0.497 e. The van der Waals surface area contributed by atoms with Gasteiger partial charge >= 0.3 is 0 Å². The maximum atomic E-state index is 12.1. The van der Waals surface area contributed by atoms with Gasteiger partial charge in [0.15, 0.2) is 6.10 Å². The van der Waals surface area contributed by atoms with E-state index in [0.717, 1.165) is 24.3 Å². The fourth-order valence-electron chi connectivity index (χ4n) is 2.35. The highest BCUT2D eigenvalue weighted by Gasteiger charge is 2.13. The Labute approximate surface area is 148 Å². The molecule has 25 heavy (non-hydrogen) atoms. The molecule has 0 heterocycles. The molecule has 0 saturated carbocycles. The van der Waals surface area contributed by atoms with Gasteiger partial charge in [0, 0.05) is 6.54 Å². The van der Waals surface area contributed by atoms with E-state index in [9.17, 15) is 4.79 Å². The molecule has 0 unspecified atom stereocenters. The molecule has 2 aromatic rings. The lowest BCUT2D eigenvalue weighted by molar-refractivity contribution is -0.127. The maximum Gasteiger partial charge on any atom is 0.260 e. The molecule has 0 saturated heterocycles. The van der Waals surface area contributed by atoms with Crippen LogP contribution in [0.2, 0.25) is 0 Å². The van der Waals surface area contributed by atoms with Crippen molar-refractivity contribution in [2.24, 2.45) is 0 Å². The van der Waals surface area contributed by atoms with E-state index in [-0.39, 0.29) is 5.91 Å². The van der Waals surface area contributed by atoms with Crippen LogP contribution in [0.25, 0.3) is 0 Å². The number of methoxy groups -OCH3 is 2. The van der Waals surface area contributed by atoms with Crippen molar-refractivity contribution in [3.63, 3.8) is 0 Å². The van der Waals surface area contributed by atoms with Crippen LogP contribution in [0.4, 0.5) is 0 Å². The monoisotopic (exact) mass is 343 g/mol. The second-order valence-corrected chi connectivity index (χ2v) is 5.68. The van der Waals surface area contributed by atoms with Crippen LogP contribution in [-0.4, -0.2) is 32.8 Å². The average Bonchev–Trinajstić information content (AvgIpc) is 2.66. The van der Waals surface area contributed by atoms with E-state index in [4.69, 9.17) is 14.2 Å². The van der Waals surface area contributed by atoms with E-state index in [1.165, 1.54) is 5.56 Å². The van der Waals surface area contributed by atoms with Crippen LogP contribution >= 0.6 is 0 Å². The van der Waals surface area contributed by atoms with Crippen LogP contribution in [0, 0.1) is 0 Å². The quantitative estimate of drug-likeness (QED) is 0.710. The molecule has 0 aromatic heterocycles. The summed E-state index contributed by atoms with van der Waals surface area (Å²) >= 11 is 0. The summed E-state index contributed by atoms with van der Waals surface area (Å²) in [6.07, 6.45) is 1.22. The number of benzene rings is 2. The van der Waals surface area contributed by atoms with Gasteiger partial charge in [-0.05, 0) is 61.7 Å². The summed E-state index contributed by atoms with van der Waals surface area (Å²) < 4.78 is 15.9. The maximum absolute atomic E-state index is 12.1. The van der Waals surface area contributed by atoms with Crippen molar-refractivity contribution < 1.29 is 19.0 Å². The molecular weight excluding hydrogens is 318 g/mol. The molecule has 2 rings (SSSR count). The fraction of sp³-hybridized carbons (Fsp3) is 0.350. The molecule has 0 aliphatic carbocycles. The number of carbonyl (C=O) groups is 1. The van der Waals surface area contributed by atoms with E-state index in [1.54, 1.807) is 45.4 Å². The highest BCUT2D eigenvalue weighted by atomic mass is 16.5. The lowest BCUT2D eigenvalue weighted by atomic mass is 10.1. The van der Waals surface area contributed by atoms with Crippen molar-refractivity contribution in [2.45, 2.75) is 25.9 Å². The number of hydrogen-bond donors (Lipinski definition) is 1. The number of carbonyl (C=O) groups excluding carboxylic acids is 1. The van der Waals surface area contributed by atoms with Crippen molar-refractivity contribution in [1.29, 1.82) is 0 Å². The Morgan fingerprint density at radius 1 is 0.920 bits per heavy atom. The number of hydrogen-bond acceptors (Lipinski definition) is 4. The third-order valence-corrected chi connectivity index (χ3v) is 3.84. The summed E-state index contributed by atoms with van der Waals surface area (Å²) in [6, 6.07) is 15.1. The molecule has 5 heteroatoms. The molecule has 0 spiro atoms. The van der Waals surface area contributed by atoms with Crippen molar-refractivity contribution in [3.05, 3.63) is 54.1 Å². The largest absolute Gasteiger partial charge is 0.497 e. The summed E-state index contributed by atoms with van der Waals surface area (Å²) in [4.78, 5) is 12.1. The first-order valence-corrected chi connectivity index (χ1v) is 8.33. The van der Waals surface area contributed by atoms with E-state index in [2.05, 4.69) is 5.32 Å². The van der Waals surface area contributed by atoms with Crippen LogP contribution in [0.15, 0.2) is 48.5 Å². The molecule has 0 fully saturated rings. The predicted molar refractivity (Wildman–Crippen MR) is 97.4 cm³/mol. The number of rotatable bonds is 9. The first kappa shape index (κ1) is 18.6. The molecule has 134 valence electrons. The Morgan fingerprint density at radius 3 is 2.00 bits per heavy atom. The Balaban J connectivity index is 1.69. The minimum absolute atomic E-state index is 0.120. The summed E-state index contributed by atoms with van der Waals surface area (Å²) in [7, 11) is 3.26. The Bertz CT molecular complexity index is 652. The van der Waals surface area contributed by atoms with Gasteiger partial charge in [0.1, 0.15) is 17.2 Å². The first-order valence-electron chi connectivity index (χ1n) is 8.33. The number of ether oxygens (including phenoxy) is 3. The summed E-state index contributed by atoms with van der Waals surface area (Å²) in [6.45, 7) is 2.35. The normalized spacial score (nSPS) is 11.5. The lowest BCUT2D eigenvalue weighted by Gasteiger charge is -2.15. The van der Waals surface area contributed by atoms with E-state index < -0.39 is 6.10 Å². The molecule has 0 bridgehead atoms. The SMILES string of the molecule is COc1ccc(CCCNC(=O)[C@@H](C)Oc2ccc(OC)cc2)cc1. The molecule has 1 N–H and O–H groups in total. The van der Waals surface area contributed by atoms with E-state index in [1.807, 2.05) is 24.3 Å². The number of aryl methyl sites for hydroxylation is 1. The summed E-state index contributed by atoms with van der Waals surface area (Å²) in [5, 5.41) is 2.90. The zero-order valence-electron chi connectivity index (χ0n) is 15.0. The second kappa shape index (κ2) is 9.57. The molecule has 0 aliphatic heterocycles. The standard InChI is InChI=1S/C20H25NO4/c1-15(25-19-12-10-18(24-3)11-13-19)20(22)21-14-4-5-16-6-8-17(23-2)9-7-16/h6-13,15H,4-5,14H2,1-3H3,(H,21,22)/t15-/m1/s1. The molecule has 5 nitrogen and oxygen atoms in total. The van der Waals surface area contributed by atoms with Crippen molar-refractivity contribution >= 4 is 5.91 Å². The molecule has 0 radical (unpaired) electrons. The molecule has 1 amide bonds. The van der Waals surface area contributed by atoms with Gasteiger partial charge in [0.2, 0.25) is 0 Å². The topological polar surface area (TPSA) is 56.8 Å². The Kier molecular flexibility index (Phi) is 7.14. The third kappa shape index (κ3) is 6.03. The third-order valence-electron chi connectivity index (χ3n) is 3.84. The lowest BCUT2D eigenvalue weighted by Crippen LogP contribution is -2.36. The van der Waals surface area contributed by atoms with Crippen LogP contribution < -0.4 is 19.5 Å². The average molecular weight is 343 g/mol. The predicted octanol–water partition coefficient (Wildman–Crippen LogP) is 3.22. The van der Waals surface area contributed by atoms with Crippen molar-refractivity contribution in [2.75, 3.05) is 20.8 Å². The number of amides is 1. The number of nitrogens with one attached hydrogen (secondary N) is 1. The zero-order chi connectivity index (χ0) is 18.1. The first-order chi connectivity index (χ1) is 12.1. The molecular formula is C20H25NO4. The van der Waals surface area contributed by atoms with Gasteiger partial charge in [-0.3, -0.25) is 4.79 Å². The van der Waals surface area contributed by atoms with Gasteiger partial charge in [0.25, 0.3) is 5.91 Å². The Hall–Kier alpha value is -2.69. The molecule has 2 aromatic carbocycles. The van der Waals surface area contributed by atoms with Gasteiger partial charge in [-0.15, -0.1) is 0 Å². The van der Waals surface area contributed by atoms with Crippen LogP contribution in [0.1, 0.15) is 18.9 Å². The van der Waals surface area contributed by atoms with E-state index in [0.29, 0.717) is 12.3 Å². The van der Waals surface area contributed by atoms with Crippen molar-refractivity contribution in [1.82, 2.24) is 5.32 Å². The smallest absolute Gasteiger partial charge is 0.260 e. The van der Waals surface area contributed by atoms with Crippen LogP contribution in [0.5, 0.6) is 17.2 Å². The molecule has 1 atom stereocenters. The van der Waals surface area contributed by atoms with Crippen LogP contribution in [-0.2, 0) is 11.2 Å². The van der Waals surface area contributed by atoms with Gasteiger partial charge in [-0.25, -0.2) is 0 Å². The summed E-state index contributed by atoms with van der Waals surface area (Å²) in [5.41, 5.74) is 1.22. The van der Waals surface area contributed by atoms with Gasteiger partial charge in [0.05, 0.1) is 14.2 Å². The van der Waals surface area contributed by atoms with Crippen molar-refractivity contribution in [3.8, 4) is 17.2 Å². The zero-order valence-corrected chi connectivity index (χ0v) is 15.0. The fourth-order valence-corrected chi connectivity index (χ4v) is 2.35. The molecule has 0 aliphatic rings. The second-order valence-electron chi connectivity index (χ2n) is 5.68. The van der Waals surface area contributed by atoms with Crippen LogP contribution in [0.3, 0.4) is 0 Å². The minimum atomic E-state index is -0.547. The highest BCUT2D eigenvalue weighted by Crippen LogP contribution is 2.18. The Morgan fingerprint density at radius 2 is 1.44 bits per heavy atom.